The lowest BCUT2D eigenvalue weighted by Crippen LogP contribution is -2.37. The van der Waals surface area contributed by atoms with Crippen LogP contribution in [0.1, 0.15) is 40.4 Å². The van der Waals surface area contributed by atoms with Crippen LogP contribution >= 0.6 is 11.3 Å². The third kappa shape index (κ3) is 3.83. The number of rotatable bonds is 6. The lowest BCUT2D eigenvalue weighted by Gasteiger charge is -2.26. The first kappa shape index (κ1) is 16.4. The molecule has 0 aliphatic carbocycles. The third-order valence-electron chi connectivity index (χ3n) is 4.35. The first-order chi connectivity index (χ1) is 10.1. The van der Waals surface area contributed by atoms with Crippen LogP contribution in [-0.4, -0.2) is 47.9 Å². The number of carbonyl (C=O) groups excluding carboxylic acids is 1. The molecule has 1 unspecified atom stereocenters. The Morgan fingerprint density at radius 1 is 1.52 bits per heavy atom. The number of hydrogen-bond donors (Lipinski definition) is 2. The van der Waals surface area contributed by atoms with Crippen molar-refractivity contribution in [2.24, 2.45) is 5.84 Å². The maximum Gasteiger partial charge on any atom is 0.275 e. The predicted molar refractivity (Wildman–Crippen MR) is 87.3 cm³/mol. The van der Waals surface area contributed by atoms with Crippen LogP contribution in [0.2, 0.25) is 0 Å². The molecule has 0 aromatic carbocycles. The van der Waals surface area contributed by atoms with E-state index < -0.39 is 0 Å². The largest absolute Gasteiger partial charge is 0.300 e. The first-order valence-corrected chi connectivity index (χ1v) is 8.47. The van der Waals surface area contributed by atoms with Crippen LogP contribution in [0, 0.1) is 6.92 Å². The molecule has 1 atom stereocenters. The van der Waals surface area contributed by atoms with Crippen molar-refractivity contribution >= 4 is 17.2 Å². The fourth-order valence-electron chi connectivity index (χ4n) is 3.09. The quantitative estimate of drug-likeness (QED) is 0.476. The van der Waals surface area contributed by atoms with Gasteiger partial charge in [-0.1, -0.05) is 13.8 Å². The van der Waals surface area contributed by atoms with Gasteiger partial charge in [-0.15, -0.1) is 11.3 Å². The Kier molecular flexibility index (Phi) is 5.75. The summed E-state index contributed by atoms with van der Waals surface area (Å²) < 4.78 is 0. The number of likely N-dealkylation sites (tertiary alicyclic amines) is 1. The lowest BCUT2D eigenvalue weighted by atomic mass is 10.2. The number of nitrogen functional groups attached to an aromatic ring is 1. The van der Waals surface area contributed by atoms with Crippen LogP contribution in [0.25, 0.3) is 0 Å². The highest BCUT2D eigenvalue weighted by molar-refractivity contribution is 7.14. The van der Waals surface area contributed by atoms with Gasteiger partial charge in [0.2, 0.25) is 0 Å². The van der Waals surface area contributed by atoms with Gasteiger partial charge in [-0.2, -0.15) is 0 Å². The molecule has 1 fully saturated rings. The number of nitrogens with one attached hydrogen (secondary N) is 1. The summed E-state index contributed by atoms with van der Waals surface area (Å²) >= 11 is 1.52. The molecule has 6 heteroatoms. The van der Waals surface area contributed by atoms with Crippen LogP contribution in [0.5, 0.6) is 0 Å². The molecule has 0 spiro atoms. The maximum atomic E-state index is 11.6. The number of nitrogens with zero attached hydrogens (tertiary/aromatic N) is 2. The van der Waals surface area contributed by atoms with Crippen molar-refractivity contribution in [3.8, 4) is 0 Å². The van der Waals surface area contributed by atoms with E-state index >= 15 is 0 Å². The standard InChI is InChI=1S/C15H26N4OS/c1-4-19(5-2)13-6-7-18(10-13)9-12-8-14(15(20)17-16)21-11(12)3/h8,13H,4-7,9-10,16H2,1-3H3,(H,17,20). The van der Waals surface area contributed by atoms with E-state index in [2.05, 4.69) is 36.0 Å². The Morgan fingerprint density at radius 3 is 2.86 bits per heavy atom. The molecule has 2 rings (SSSR count). The summed E-state index contributed by atoms with van der Waals surface area (Å²) in [6.07, 6.45) is 1.24. The molecule has 0 saturated carbocycles. The average molecular weight is 310 g/mol. The van der Waals surface area contributed by atoms with Gasteiger partial charge >= 0.3 is 0 Å². The number of amides is 1. The van der Waals surface area contributed by atoms with Gasteiger partial charge in [0.25, 0.3) is 5.91 Å². The molecule has 1 aromatic rings. The monoisotopic (exact) mass is 310 g/mol. The van der Waals surface area contributed by atoms with Crippen LogP contribution in [0.15, 0.2) is 6.07 Å². The van der Waals surface area contributed by atoms with Gasteiger partial charge in [-0.3, -0.25) is 20.0 Å². The maximum absolute atomic E-state index is 11.6. The summed E-state index contributed by atoms with van der Waals surface area (Å²) in [6.45, 7) is 12.0. The first-order valence-electron chi connectivity index (χ1n) is 7.65. The molecular weight excluding hydrogens is 284 g/mol. The third-order valence-corrected chi connectivity index (χ3v) is 5.44. The van der Waals surface area contributed by atoms with Gasteiger partial charge < -0.3 is 0 Å². The van der Waals surface area contributed by atoms with Crippen LogP contribution < -0.4 is 11.3 Å². The molecule has 3 N–H and O–H groups in total. The van der Waals surface area contributed by atoms with Crippen molar-refractivity contribution in [2.75, 3.05) is 26.2 Å². The van der Waals surface area contributed by atoms with Crippen LogP contribution in [-0.2, 0) is 6.54 Å². The second kappa shape index (κ2) is 7.35. The molecule has 5 nitrogen and oxygen atoms in total. The van der Waals surface area contributed by atoms with Crippen molar-refractivity contribution in [2.45, 2.75) is 39.8 Å². The molecule has 1 aliphatic rings. The molecule has 1 aromatic heterocycles. The number of carbonyl (C=O) groups is 1. The fraction of sp³-hybridized carbons (Fsp3) is 0.667. The smallest absolute Gasteiger partial charge is 0.275 e. The Bertz CT molecular complexity index is 484. The van der Waals surface area contributed by atoms with Crippen molar-refractivity contribution < 1.29 is 4.79 Å². The molecule has 1 saturated heterocycles. The highest BCUT2D eigenvalue weighted by atomic mass is 32.1. The van der Waals surface area contributed by atoms with E-state index in [1.807, 2.05) is 6.07 Å². The molecule has 1 amide bonds. The summed E-state index contributed by atoms with van der Waals surface area (Å²) in [6, 6.07) is 2.65. The van der Waals surface area contributed by atoms with E-state index in [1.54, 1.807) is 0 Å². The summed E-state index contributed by atoms with van der Waals surface area (Å²) in [5.74, 6) is 5.00. The number of hydrazine groups is 1. The van der Waals surface area contributed by atoms with Crippen molar-refractivity contribution in [1.82, 2.24) is 15.2 Å². The highest BCUT2D eigenvalue weighted by Gasteiger charge is 2.26. The van der Waals surface area contributed by atoms with E-state index in [0.717, 1.165) is 32.7 Å². The highest BCUT2D eigenvalue weighted by Crippen LogP contribution is 2.25. The fourth-order valence-corrected chi connectivity index (χ4v) is 4.03. The number of likely N-dealkylation sites (N-methyl/N-ethyl adjacent to an activating group) is 1. The molecule has 21 heavy (non-hydrogen) atoms. The van der Waals surface area contributed by atoms with E-state index in [9.17, 15) is 4.79 Å². The number of aryl methyl sites for hydroxylation is 1. The van der Waals surface area contributed by atoms with Gasteiger partial charge in [0.15, 0.2) is 0 Å². The predicted octanol–water partition coefficient (Wildman–Crippen LogP) is 1.58. The van der Waals surface area contributed by atoms with Crippen molar-refractivity contribution in [3.63, 3.8) is 0 Å². The van der Waals surface area contributed by atoms with Crippen LogP contribution in [0.3, 0.4) is 0 Å². The molecule has 0 radical (unpaired) electrons. The topological polar surface area (TPSA) is 61.6 Å². The molecule has 2 heterocycles. The van der Waals surface area contributed by atoms with Gasteiger partial charge in [0.1, 0.15) is 0 Å². The minimum absolute atomic E-state index is 0.197. The summed E-state index contributed by atoms with van der Waals surface area (Å²) in [5, 5.41) is 0. The van der Waals surface area contributed by atoms with Gasteiger partial charge in [0, 0.05) is 30.6 Å². The zero-order chi connectivity index (χ0) is 15.4. The molecule has 1 aliphatic heterocycles. The average Bonchev–Trinajstić information content (AvgIpc) is 3.08. The summed E-state index contributed by atoms with van der Waals surface area (Å²) in [7, 11) is 0. The second-order valence-electron chi connectivity index (χ2n) is 5.56. The molecule has 118 valence electrons. The van der Waals surface area contributed by atoms with E-state index in [1.165, 1.54) is 28.2 Å². The number of nitrogens with two attached hydrogens (primary N) is 1. The Labute approximate surface area is 131 Å². The Morgan fingerprint density at radius 2 is 2.24 bits per heavy atom. The van der Waals surface area contributed by atoms with E-state index in [4.69, 9.17) is 5.84 Å². The van der Waals surface area contributed by atoms with Crippen LogP contribution in [0.4, 0.5) is 0 Å². The lowest BCUT2D eigenvalue weighted by molar-refractivity contribution is 0.0957. The normalized spacial score (nSPS) is 19.4. The van der Waals surface area contributed by atoms with Gasteiger partial charge in [-0.25, -0.2) is 5.84 Å². The zero-order valence-electron chi connectivity index (χ0n) is 13.2. The second-order valence-corrected chi connectivity index (χ2v) is 6.82. The van der Waals surface area contributed by atoms with Gasteiger partial charge in [0.05, 0.1) is 4.88 Å². The Balaban J connectivity index is 1.97. The minimum Gasteiger partial charge on any atom is -0.300 e. The SMILES string of the molecule is CCN(CC)C1CCN(Cc2cc(C(=O)NN)sc2C)C1. The summed E-state index contributed by atoms with van der Waals surface area (Å²) in [4.78, 5) is 18.5. The number of thiophene rings is 1. The van der Waals surface area contributed by atoms with Crippen molar-refractivity contribution in [3.05, 3.63) is 21.4 Å². The zero-order valence-corrected chi connectivity index (χ0v) is 14.0. The van der Waals surface area contributed by atoms with Gasteiger partial charge in [-0.05, 0) is 38.1 Å². The number of hydrogen-bond acceptors (Lipinski definition) is 5. The molecule has 0 bridgehead atoms. The van der Waals surface area contributed by atoms with E-state index in [-0.39, 0.29) is 5.91 Å². The minimum atomic E-state index is -0.197. The van der Waals surface area contributed by atoms with Crippen molar-refractivity contribution in [1.29, 1.82) is 0 Å². The molecular formula is C15H26N4OS. The summed E-state index contributed by atoms with van der Waals surface area (Å²) in [5.41, 5.74) is 3.45. The Hall–Kier alpha value is -0.950. The van der Waals surface area contributed by atoms with E-state index in [0.29, 0.717) is 10.9 Å².